The van der Waals surface area contributed by atoms with E-state index in [-0.39, 0.29) is 50.2 Å². The minimum atomic E-state index is -0.609. The SMILES string of the molecule is C[C@@H]1CN(c2nc(=O)n3c4c(c(Br)c(Cl)cc24)OCC3COC2CCN(C(=O)OCc3ccccc3)CC2)[C@@H](C)CN1C(=O)OC(C)(C)C. The van der Waals surface area contributed by atoms with E-state index in [0.29, 0.717) is 71.0 Å². The standard InChI is InChI=1S/C35H43BrClN5O7/c1-21-17-41(34(45)49-35(3,4)5)22(2)16-40(21)31-26-15-27(37)28(36)30-29(26)42(32(43)38-31)24(20-47-30)19-46-25-11-13-39(14-12-25)33(44)48-18-23-9-7-6-8-10-23/h6-10,15,21-22,24-25H,11-14,16-20H2,1-5H3/t21-,22+,24?/m0/s1. The van der Waals surface area contributed by atoms with Gasteiger partial charge in [0.15, 0.2) is 5.75 Å². The summed E-state index contributed by atoms with van der Waals surface area (Å²) in [5.74, 6) is 0.974. The van der Waals surface area contributed by atoms with Crippen LogP contribution in [0.1, 0.15) is 59.1 Å². The minimum absolute atomic E-state index is 0.0847. The van der Waals surface area contributed by atoms with Crippen molar-refractivity contribution in [2.75, 3.05) is 44.3 Å². The lowest BCUT2D eigenvalue weighted by atomic mass is 10.1. The van der Waals surface area contributed by atoms with Crippen LogP contribution in [0, 0.1) is 0 Å². The van der Waals surface area contributed by atoms with E-state index in [4.69, 9.17) is 30.5 Å². The van der Waals surface area contributed by atoms with E-state index in [9.17, 15) is 14.4 Å². The van der Waals surface area contributed by atoms with Gasteiger partial charge in [0.25, 0.3) is 0 Å². The molecule has 264 valence electrons. The second kappa shape index (κ2) is 14.4. The van der Waals surface area contributed by atoms with Gasteiger partial charge in [-0.05, 0) is 75.0 Å². The highest BCUT2D eigenvalue weighted by molar-refractivity contribution is 9.10. The summed E-state index contributed by atoms with van der Waals surface area (Å²) in [5.41, 5.74) is 0.510. The van der Waals surface area contributed by atoms with E-state index in [1.54, 1.807) is 20.4 Å². The molecule has 3 aliphatic rings. The fourth-order valence-corrected chi connectivity index (χ4v) is 7.24. The van der Waals surface area contributed by atoms with Crippen molar-refractivity contribution in [3.05, 3.63) is 61.9 Å². The van der Waals surface area contributed by atoms with Crippen LogP contribution in [0.3, 0.4) is 0 Å². The van der Waals surface area contributed by atoms with Crippen molar-refractivity contribution in [3.63, 3.8) is 0 Å². The predicted octanol–water partition coefficient (Wildman–Crippen LogP) is 6.40. The van der Waals surface area contributed by atoms with E-state index >= 15 is 0 Å². The zero-order chi connectivity index (χ0) is 35.0. The molecule has 2 amide bonds. The molecule has 0 radical (unpaired) electrons. The molecule has 2 fully saturated rings. The molecule has 14 heteroatoms. The van der Waals surface area contributed by atoms with Crippen molar-refractivity contribution < 1.29 is 28.5 Å². The van der Waals surface area contributed by atoms with Crippen LogP contribution in [0.15, 0.2) is 45.7 Å². The fourth-order valence-electron chi connectivity index (χ4n) is 6.63. The fraction of sp³-hybridized carbons (Fsp3) is 0.543. The van der Waals surface area contributed by atoms with Crippen molar-refractivity contribution in [1.29, 1.82) is 0 Å². The average Bonchev–Trinajstić information content (AvgIpc) is 3.07. The average molecular weight is 761 g/mol. The predicted molar refractivity (Wildman–Crippen MR) is 190 cm³/mol. The summed E-state index contributed by atoms with van der Waals surface area (Å²) in [6.45, 7) is 12.1. The number of aromatic nitrogens is 2. The molecule has 6 rings (SSSR count). The van der Waals surface area contributed by atoms with Crippen LogP contribution in [-0.2, 0) is 20.8 Å². The van der Waals surface area contributed by atoms with E-state index < -0.39 is 17.3 Å². The maximum absolute atomic E-state index is 13.9. The Balaban J connectivity index is 1.16. The van der Waals surface area contributed by atoms with Crippen LogP contribution in [0.2, 0.25) is 5.02 Å². The first-order chi connectivity index (χ1) is 23.3. The number of halogens is 2. The molecule has 3 atom stereocenters. The minimum Gasteiger partial charge on any atom is -0.488 e. The number of amides is 2. The molecule has 0 saturated carbocycles. The lowest BCUT2D eigenvalue weighted by molar-refractivity contribution is -0.0153. The van der Waals surface area contributed by atoms with Gasteiger partial charge in [-0.25, -0.2) is 14.4 Å². The second-order valence-corrected chi connectivity index (χ2v) is 15.2. The van der Waals surface area contributed by atoms with Crippen molar-refractivity contribution in [3.8, 4) is 5.75 Å². The third kappa shape index (κ3) is 7.63. The molecule has 2 saturated heterocycles. The molecule has 4 heterocycles. The summed E-state index contributed by atoms with van der Waals surface area (Å²) in [6.07, 6.45) is 0.516. The third-order valence-electron chi connectivity index (χ3n) is 9.14. The van der Waals surface area contributed by atoms with Gasteiger partial charge in [0, 0.05) is 43.6 Å². The van der Waals surface area contributed by atoms with Gasteiger partial charge in [-0.1, -0.05) is 41.9 Å². The molecule has 0 spiro atoms. The first kappa shape index (κ1) is 35.3. The Kier molecular flexibility index (Phi) is 10.3. The van der Waals surface area contributed by atoms with Crippen LogP contribution in [0.5, 0.6) is 5.75 Å². The Morgan fingerprint density at radius 1 is 1.06 bits per heavy atom. The van der Waals surface area contributed by atoms with E-state index in [2.05, 4.69) is 25.8 Å². The zero-order valence-corrected chi connectivity index (χ0v) is 30.8. The number of likely N-dealkylation sites (tertiary alicyclic amines) is 1. The van der Waals surface area contributed by atoms with Crippen molar-refractivity contribution >= 4 is 56.4 Å². The normalized spacial score (nSPS) is 21.4. The summed E-state index contributed by atoms with van der Waals surface area (Å²) >= 11 is 10.3. The smallest absolute Gasteiger partial charge is 0.410 e. The van der Waals surface area contributed by atoms with E-state index in [0.717, 1.165) is 5.56 Å². The number of carbonyl (C=O) groups is 2. The number of anilines is 1. The largest absolute Gasteiger partial charge is 0.488 e. The molecule has 2 aromatic carbocycles. The van der Waals surface area contributed by atoms with Gasteiger partial charge in [0.1, 0.15) is 30.1 Å². The number of carbonyl (C=O) groups excluding carboxylic acids is 2. The molecule has 0 bridgehead atoms. The Labute approximate surface area is 299 Å². The molecule has 49 heavy (non-hydrogen) atoms. The molecule has 0 N–H and O–H groups in total. The Morgan fingerprint density at radius 2 is 1.78 bits per heavy atom. The summed E-state index contributed by atoms with van der Waals surface area (Å²) in [5, 5.41) is 1.12. The first-order valence-electron chi connectivity index (χ1n) is 16.7. The second-order valence-electron chi connectivity index (χ2n) is 14.0. The highest BCUT2D eigenvalue weighted by atomic mass is 79.9. The van der Waals surface area contributed by atoms with Gasteiger partial charge in [-0.2, -0.15) is 4.98 Å². The van der Waals surface area contributed by atoms with Gasteiger partial charge in [0.05, 0.1) is 28.2 Å². The Hall–Kier alpha value is -3.55. The number of piperazine rings is 1. The lowest BCUT2D eigenvalue weighted by Crippen LogP contribution is -2.59. The number of nitrogens with zero attached hydrogens (tertiary/aromatic N) is 5. The number of hydrogen-bond donors (Lipinski definition) is 0. The number of ether oxygens (including phenoxy) is 4. The number of hydrogen-bond acceptors (Lipinski definition) is 9. The molecule has 0 aliphatic carbocycles. The van der Waals surface area contributed by atoms with E-state index in [1.165, 1.54) is 0 Å². The van der Waals surface area contributed by atoms with E-state index in [1.807, 2.05) is 65.0 Å². The van der Waals surface area contributed by atoms with Crippen LogP contribution in [0.4, 0.5) is 15.4 Å². The lowest BCUT2D eigenvalue weighted by Gasteiger charge is -2.45. The maximum Gasteiger partial charge on any atom is 0.410 e. The van der Waals surface area contributed by atoms with Crippen LogP contribution in [0.25, 0.3) is 10.9 Å². The molecule has 12 nitrogen and oxygen atoms in total. The van der Waals surface area contributed by atoms with Gasteiger partial charge in [-0.3, -0.25) is 4.57 Å². The van der Waals surface area contributed by atoms with Crippen LogP contribution < -0.4 is 15.3 Å². The van der Waals surface area contributed by atoms with Crippen molar-refractivity contribution in [2.45, 2.75) is 83.9 Å². The molecule has 3 aromatic rings. The monoisotopic (exact) mass is 759 g/mol. The highest BCUT2D eigenvalue weighted by Crippen LogP contribution is 2.44. The molecular weight excluding hydrogens is 718 g/mol. The first-order valence-corrected chi connectivity index (χ1v) is 17.9. The topological polar surface area (TPSA) is 116 Å². The van der Waals surface area contributed by atoms with Crippen molar-refractivity contribution in [2.24, 2.45) is 0 Å². The van der Waals surface area contributed by atoms with Gasteiger partial charge < -0.3 is 33.6 Å². The summed E-state index contributed by atoms with van der Waals surface area (Å²) < 4.78 is 26.0. The Morgan fingerprint density at radius 3 is 2.47 bits per heavy atom. The van der Waals surface area contributed by atoms with Gasteiger partial charge >= 0.3 is 17.9 Å². The summed E-state index contributed by atoms with van der Waals surface area (Å²) in [6, 6.07) is 10.6. The highest BCUT2D eigenvalue weighted by Gasteiger charge is 2.38. The molecular formula is C35H43BrClN5O7. The number of piperidine rings is 1. The van der Waals surface area contributed by atoms with Crippen molar-refractivity contribution in [1.82, 2.24) is 19.4 Å². The van der Waals surface area contributed by atoms with Crippen LogP contribution >= 0.6 is 27.5 Å². The number of benzene rings is 2. The van der Waals surface area contributed by atoms with Crippen LogP contribution in [-0.4, -0.2) is 94.7 Å². The quantitative estimate of drug-likeness (QED) is 0.282. The molecule has 3 aliphatic heterocycles. The van der Waals surface area contributed by atoms with Gasteiger partial charge in [0.2, 0.25) is 0 Å². The molecule has 1 unspecified atom stereocenters. The van der Waals surface area contributed by atoms with Gasteiger partial charge in [-0.15, -0.1) is 0 Å². The summed E-state index contributed by atoms with van der Waals surface area (Å²) in [4.78, 5) is 49.6. The Bertz CT molecular complexity index is 1760. The molecule has 1 aromatic heterocycles. The summed E-state index contributed by atoms with van der Waals surface area (Å²) in [7, 11) is 0. The third-order valence-corrected chi connectivity index (χ3v) is 10.5. The maximum atomic E-state index is 13.9. The zero-order valence-electron chi connectivity index (χ0n) is 28.5. The number of rotatable bonds is 6.